The maximum atomic E-state index is 5.37. The Labute approximate surface area is 44.3 Å². The summed E-state index contributed by atoms with van der Waals surface area (Å²) >= 11 is 0. The summed E-state index contributed by atoms with van der Waals surface area (Å²) in [5.41, 5.74) is 5.37. The van der Waals surface area contributed by atoms with Crippen LogP contribution in [0.5, 0.6) is 0 Å². The van der Waals surface area contributed by atoms with Crippen molar-refractivity contribution in [2.75, 3.05) is 0 Å². The second-order valence-electron chi connectivity index (χ2n) is 1.88. The number of nitrogens with two attached hydrogens (primary N) is 1. The van der Waals surface area contributed by atoms with Gasteiger partial charge in [-0.3, -0.25) is 0 Å². The van der Waals surface area contributed by atoms with Gasteiger partial charge in [0.15, 0.2) is 0 Å². The van der Waals surface area contributed by atoms with Gasteiger partial charge >= 0.3 is 0 Å². The highest BCUT2D eigenvalue weighted by Gasteiger charge is 2.27. The molecular weight excluding hydrogens is 97.5 g/mol. The molecule has 1 nitrogen and oxygen atoms in total. The van der Waals surface area contributed by atoms with Crippen molar-refractivity contribution < 1.29 is 0 Å². The molecule has 0 aromatic heterocycles. The van der Waals surface area contributed by atoms with Crippen molar-refractivity contribution >= 4 is 12.4 Å². The van der Waals surface area contributed by atoms with Crippen LogP contribution < -0.4 is 5.73 Å². The zero-order valence-corrected chi connectivity index (χ0v) is 4.66. The summed E-state index contributed by atoms with van der Waals surface area (Å²) in [6.07, 6.45) is 1.25. The molecule has 1 aliphatic carbocycles. The second-order valence-corrected chi connectivity index (χ2v) is 1.88. The third-order valence-electron chi connectivity index (χ3n) is 1.17. The summed E-state index contributed by atoms with van der Waals surface area (Å²) in [5, 5.41) is 0. The summed E-state index contributed by atoms with van der Waals surface area (Å²) in [4.78, 5) is 0. The van der Waals surface area contributed by atoms with E-state index in [0.717, 1.165) is 5.92 Å². The Morgan fingerprint density at radius 2 is 1.83 bits per heavy atom. The Bertz CT molecular complexity index is 40.8. The van der Waals surface area contributed by atoms with Crippen LogP contribution >= 0.6 is 12.4 Å². The highest BCUT2D eigenvalue weighted by atomic mass is 35.5. The summed E-state index contributed by atoms with van der Waals surface area (Å²) in [6.45, 7) is 2.17. The molecule has 1 rings (SSSR count). The van der Waals surface area contributed by atoms with Gasteiger partial charge in [0.05, 0.1) is 0 Å². The first-order valence-corrected chi connectivity index (χ1v) is 2.06. The molecule has 0 bridgehead atoms. The molecule has 0 unspecified atom stereocenters. The fourth-order valence-electron chi connectivity index (χ4n) is 0.351. The van der Waals surface area contributed by atoms with E-state index in [1.165, 1.54) is 6.42 Å². The molecule has 0 spiro atoms. The van der Waals surface area contributed by atoms with E-state index in [-0.39, 0.29) is 12.4 Å². The maximum Gasteiger partial charge on any atom is 0.00682 e. The third kappa shape index (κ3) is 1.15. The molecule has 6 heavy (non-hydrogen) atoms. The molecule has 1 saturated carbocycles. The van der Waals surface area contributed by atoms with Gasteiger partial charge < -0.3 is 5.73 Å². The lowest BCUT2D eigenvalue weighted by atomic mass is 10.5. The van der Waals surface area contributed by atoms with E-state index in [2.05, 4.69) is 6.92 Å². The molecule has 0 aromatic rings. The SMILES string of the molecule is C[C@H]1C[C@H]1N.Cl. The predicted molar refractivity (Wildman–Crippen MR) is 29.0 cm³/mol. The highest BCUT2D eigenvalue weighted by Crippen LogP contribution is 2.25. The Kier molecular flexibility index (Phi) is 1.88. The minimum Gasteiger partial charge on any atom is -0.327 e. The second kappa shape index (κ2) is 1.80. The number of hydrogen-bond donors (Lipinski definition) is 1. The zero-order valence-electron chi connectivity index (χ0n) is 3.85. The molecule has 2 heteroatoms. The van der Waals surface area contributed by atoms with E-state index in [9.17, 15) is 0 Å². The quantitative estimate of drug-likeness (QED) is 0.486. The van der Waals surface area contributed by atoms with Crippen molar-refractivity contribution in [1.29, 1.82) is 0 Å². The van der Waals surface area contributed by atoms with Crippen LogP contribution in [0.4, 0.5) is 0 Å². The van der Waals surface area contributed by atoms with E-state index in [1.807, 2.05) is 0 Å². The van der Waals surface area contributed by atoms with E-state index in [0.29, 0.717) is 6.04 Å². The topological polar surface area (TPSA) is 26.0 Å². The van der Waals surface area contributed by atoms with Gasteiger partial charge in [0.2, 0.25) is 0 Å². The van der Waals surface area contributed by atoms with Crippen LogP contribution in [0.1, 0.15) is 13.3 Å². The molecule has 0 saturated heterocycles. The van der Waals surface area contributed by atoms with E-state index < -0.39 is 0 Å². The Balaban J connectivity index is 0.000000250. The number of rotatable bonds is 0. The van der Waals surface area contributed by atoms with Gasteiger partial charge in [-0.2, -0.15) is 0 Å². The molecule has 0 heterocycles. The van der Waals surface area contributed by atoms with E-state index in [1.54, 1.807) is 0 Å². The molecule has 0 amide bonds. The third-order valence-corrected chi connectivity index (χ3v) is 1.17. The molecule has 0 aromatic carbocycles. The molecule has 2 atom stereocenters. The van der Waals surface area contributed by atoms with Crippen molar-refractivity contribution in [3.05, 3.63) is 0 Å². The smallest absolute Gasteiger partial charge is 0.00682 e. The summed E-state index contributed by atoms with van der Waals surface area (Å²) in [6, 6.07) is 0.551. The van der Waals surface area contributed by atoms with Crippen molar-refractivity contribution in [2.24, 2.45) is 11.7 Å². The van der Waals surface area contributed by atoms with Crippen molar-refractivity contribution in [1.82, 2.24) is 0 Å². The van der Waals surface area contributed by atoms with Crippen LogP contribution in [-0.4, -0.2) is 6.04 Å². The van der Waals surface area contributed by atoms with Crippen LogP contribution in [-0.2, 0) is 0 Å². The number of hydrogen-bond acceptors (Lipinski definition) is 1. The van der Waals surface area contributed by atoms with Crippen molar-refractivity contribution in [3.63, 3.8) is 0 Å². The largest absolute Gasteiger partial charge is 0.327 e. The molecular formula is C4H10ClN. The van der Waals surface area contributed by atoms with Crippen LogP contribution in [0.3, 0.4) is 0 Å². The van der Waals surface area contributed by atoms with E-state index in [4.69, 9.17) is 5.73 Å². The predicted octanol–water partition coefficient (Wildman–Crippen LogP) is 0.775. The molecule has 1 aliphatic rings. The van der Waals surface area contributed by atoms with Crippen LogP contribution in [0.25, 0.3) is 0 Å². The minimum atomic E-state index is 0. The summed E-state index contributed by atoms with van der Waals surface area (Å²) < 4.78 is 0. The molecule has 1 fully saturated rings. The average Bonchev–Trinajstić information content (AvgIpc) is 1.79. The highest BCUT2D eigenvalue weighted by molar-refractivity contribution is 5.85. The standard InChI is InChI=1S/C4H9N.ClH/c1-3-2-4(3)5;/h3-4H,2,5H2,1H3;1H/t3-,4+;/m0./s1. The lowest BCUT2D eigenvalue weighted by molar-refractivity contribution is 0.895. The first-order valence-electron chi connectivity index (χ1n) is 2.06. The van der Waals surface area contributed by atoms with Crippen LogP contribution in [0.2, 0.25) is 0 Å². The van der Waals surface area contributed by atoms with Crippen molar-refractivity contribution in [2.45, 2.75) is 19.4 Å². The van der Waals surface area contributed by atoms with E-state index >= 15 is 0 Å². The Hall–Kier alpha value is 0.250. The maximum absolute atomic E-state index is 5.37. The minimum absolute atomic E-state index is 0. The summed E-state index contributed by atoms with van der Waals surface area (Å²) in [5.74, 6) is 0.829. The van der Waals surface area contributed by atoms with Gasteiger partial charge in [-0.05, 0) is 12.3 Å². The molecule has 0 aliphatic heterocycles. The van der Waals surface area contributed by atoms with Gasteiger partial charge in [-0.1, -0.05) is 6.92 Å². The first kappa shape index (κ1) is 6.25. The monoisotopic (exact) mass is 107 g/mol. The molecule has 0 radical (unpaired) electrons. The van der Waals surface area contributed by atoms with Gasteiger partial charge in [0.25, 0.3) is 0 Å². The lowest BCUT2D eigenvalue weighted by Crippen LogP contribution is -1.98. The van der Waals surface area contributed by atoms with Crippen molar-refractivity contribution in [3.8, 4) is 0 Å². The lowest BCUT2D eigenvalue weighted by Gasteiger charge is -1.69. The average molecular weight is 108 g/mol. The Morgan fingerprint density at radius 3 is 1.83 bits per heavy atom. The molecule has 38 valence electrons. The van der Waals surface area contributed by atoms with Gasteiger partial charge in [0.1, 0.15) is 0 Å². The Morgan fingerprint density at radius 1 is 1.67 bits per heavy atom. The van der Waals surface area contributed by atoms with Gasteiger partial charge in [-0.15, -0.1) is 12.4 Å². The zero-order chi connectivity index (χ0) is 3.86. The fourth-order valence-corrected chi connectivity index (χ4v) is 0.351. The fraction of sp³-hybridized carbons (Fsp3) is 1.00. The van der Waals surface area contributed by atoms with Crippen LogP contribution in [0.15, 0.2) is 0 Å². The number of halogens is 1. The van der Waals surface area contributed by atoms with Crippen LogP contribution in [0, 0.1) is 5.92 Å². The van der Waals surface area contributed by atoms with Gasteiger partial charge in [0, 0.05) is 6.04 Å². The first-order chi connectivity index (χ1) is 2.30. The summed E-state index contributed by atoms with van der Waals surface area (Å²) in [7, 11) is 0. The van der Waals surface area contributed by atoms with Gasteiger partial charge in [-0.25, -0.2) is 0 Å². The normalized spacial score (nSPS) is 41.0. The molecule has 2 N–H and O–H groups in total.